The summed E-state index contributed by atoms with van der Waals surface area (Å²) in [7, 11) is 0. The maximum Gasteiger partial charge on any atom is 0.245 e. The van der Waals surface area contributed by atoms with Crippen LogP contribution in [0.4, 0.5) is 0 Å². The molecule has 0 saturated carbocycles. The molecule has 2 atom stereocenters. The Bertz CT molecular complexity index is 1290. The van der Waals surface area contributed by atoms with E-state index in [1.54, 1.807) is 34.1 Å². The molecule has 0 aromatic heterocycles. The van der Waals surface area contributed by atoms with E-state index < -0.39 is 12.1 Å². The summed E-state index contributed by atoms with van der Waals surface area (Å²) >= 11 is 0. The van der Waals surface area contributed by atoms with E-state index >= 15 is 0 Å². The fourth-order valence-electron chi connectivity index (χ4n) is 5.73. The average molecular weight is 597 g/mol. The molecule has 0 spiro atoms. The van der Waals surface area contributed by atoms with E-state index in [2.05, 4.69) is 22.8 Å². The van der Waals surface area contributed by atoms with Crippen molar-refractivity contribution in [2.45, 2.75) is 89.4 Å². The van der Waals surface area contributed by atoms with Crippen LogP contribution in [0.1, 0.15) is 86.5 Å². The fraction of sp³-hybridized carbons (Fsp3) is 0.471. The summed E-state index contributed by atoms with van der Waals surface area (Å²) in [6.07, 6.45) is 6.49. The summed E-state index contributed by atoms with van der Waals surface area (Å²) in [6.45, 7) is 2.20. The average Bonchev–Trinajstić information content (AvgIpc) is 3.03. The minimum atomic E-state index is -0.513. The van der Waals surface area contributed by atoms with E-state index in [1.165, 1.54) is 0 Å². The first-order valence-corrected chi connectivity index (χ1v) is 15.5. The number of likely N-dealkylation sites (tertiary alicyclic amines) is 2. The lowest BCUT2D eigenvalue weighted by Gasteiger charge is -2.32. The van der Waals surface area contributed by atoms with Gasteiger partial charge in [-0.05, 0) is 73.9 Å². The molecule has 2 unspecified atom stereocenters. The van der Waals surface area contributed by atoms with Crippen molar-refractivity contribution in [2.24, 2.45) is 0 Å². The van der Waals surface area contributed by atoms with Crippen molar-refractivity contribution in [2.75, 3.05) is 13.1 Å². The minimum absolute atomic E-state index is 0.0752. The summed E-state index contributed by atoms with van der Waals surface area (Å²) in [4.78, 5) is 54.5. The molecule has 10 nitrogen and oxygen atoms in total. The molecule has 2 aliphatic rings. The van der Waals surface area contributed by atoms with Gasteiger partial charge in [0.2, 0.25) is 23.6 Å². The van der Waals surface area contributed by atoms with Crippen LogP contribution >= 0.6 is 0 Å². The molecule has 2 aromatic rings. The van der Waals surface area contributed by atoms with Crippen LogP contribution in [0.3, 0.4) is 0 Å². The second-order valence-electron chi connectivity index (χ2n) is 11.6. The van der Waals surface area contributed by atoms with Crippen molar-refractivity contribution in [3.05, 3.63) is 70.8 Å². The molecular formula is C34H40N6O4. The number of carbonyl (C=O) groups is 4. The summed E-state index contributed by atoms with van der Waals surface area (Å²) in [5.74, 6) is -0.423. The highest BCUT2D eigenvalue weighted by atomic mass is 16.2. The summed E-state index contributed by atoms with van der Waals surface area (Å²) in [5, 5.41) is 23.7. The van der Waals surface area contributed by atoms with Gasteiger partial charge in [-0.15, -0.1) is 0 Å². The third-order valence-electron chi connectivity index (χ3n) is 8.20. The van der Waals surface area contributed by atoms with Gasteiger partial charge < -0.3 is 20.4 Å². The highest BCUT2D eigenvalue weighted by Crippen LogP contribution is 2.18. The number of hydrogen-bond donors (Lipinski definition) is 2. The van der Waals surface area contributed by atoms with Crippen molar-refractivity contribution < 1.29 is 19.2 Å². The molecule has 0 radical (unpaired) electrons. The maximum atomic E-state index is 12.9. The smallest absolute Gasteiger partial charge is 0.245 e. The number of amides is 4. The predicted octanol–water partition coefficient (Wildman–Crippen LogP) is 3.69. The van der Waals surface area contributed by atoms with E-state index in [4.69, 9.17) is 10.5 Å². The second-order valence-corrected chi connectivity index (χ2v) is 11.6. The quantitative estimate of drug-likeness (QED) is 0.337. The van der Waals surface area contributed by atoms with E-state index in [0.29, 0.717) is 75.8 Å². The number of hydrogen-bond acceptors (Lipinski definition) is 6. The Morgan fingerprint density at radius 2 is 1.05 bits per heavy atom. The zero-order chi connectivity index (χ0) is 31.3. The molecule has 4 rings (SSSR count). The molecule has 2 saturated heterocycles. The molecule has 0 aliphatic carbocycles. The lowest BCUT2D eigenvalue weighted by atomic mass is 10.0. The van der Waals surface area contributed by atoms with Gasteiger partial charge in [0.05, 0.1) is 23.3 Å². The Balaban J connectivity index is 1.09. The van der Waals surface area contributed by atoms with Crippen molar-refractivity contribution in [1.82, 2.24) is 20.4 Å². The highest BCUT2D eigenvalue weighted by molar-refractivity contribution is 5.89. The van der Waals surface area contributed by atoms with Crippen LogP contribution in [0.5, 0.6) is 0 Å². The monoisotopic (exact) mass is 596 g/mol. The largest absolute Gasteiger partial charge is 0.344 e. The number of benzene rings is 2. The van der Waals surface area contributed by atoms with Gasteiger partial charge in [-0.1, -0.05) is 37.1 Å². The van der Waals surface area contributed by atoms with Gasteiger partial charge in [0.25, 0.3) is 0 Å². The van der Waals surface area contributed by atoms with Crippen LogP contribution in [-0.4, -0.2) is 58.6 Å². The van der Waals surface area contributed by atoms with E-state index in [0.717, 1.165) is 36.8 Å². The Morgan fingerprint density at radius 3 is 1.41 bits per heavy atom. The number of rotatable bonds is 13. The Labute approximate surface area is 259 Å². The molecule has 2 fully saturated rings. The van der Waals surface area contributed by atoms with Gasteiger partial charge in [-0.25, -0.2) is 0 Å². The van der Waals surface area contributed by atoms with Gasteiger partial charge in [0, 0.05) is 39.0 Å². The normalized spacial score (nSPS) is 18.3. The topological polar surface area (TPSA) is 146 Å². The molecular weight excluding hydrogens is 556 g/mol. The van der Waals surface area contributed by atoms with Crippen LogP contribution in [0.15, 0.2) is 48.5 Å². The minimum Gasteiger partial charge on any atom is -0.344 e. The highest BCUT2D eigenvalue weighted by Gasteiger charge is 2.31. The standard InChI is InChI=1S/C34H40N6O4/c35-21-25-11-15-27(16-12-25)23-39-19-5-7-29(33(39)43)37-31(41)9-3-1-2-4-10-32(42)38-30-8-6-20-40(34(30)44)24-28-17-13-26(22-36)14-18-28/h11-18,29-30H,1-10,19-20,23-24H2,(H,37,41)(H,38,42). The molecule has 2 aliphatic heterocycles. The predicted molar refractivity (Wildman–Crippen MR) is 163 cm³/mol. The first-order valence-electron chi connectivity index (χ1n) is 15.5. The van der Waals surface area contributed by atoms with Crippen LogP contribution in [0.25, 0.3) is 0 Å². The van der Waals surface area contributed by atoms with E-state index in [1.807, 2.05) is 24.3 Å². The molecule has 4 amide bonds. The summed E-state index contributed by atoms with van der Waals surface area (Å²) in [5.41, 5.74) is 3.05. The zero-order valence-corrected chi connectivity index (χ0v) is 25.1. The SMILES string of the molecule is N#Cc1ccc(CN2CCCC(NC(=O)CCCCCCC(=O)NC3CCCN(Cc4ccc(C#N)cc4)C3=O)C2=O)cc1. The Kier molecular flexibility index (Phi) is 11.9. The Hall–Kier alpha value is -4.70. The molecule has 10 heteroatoms. The van der Waals surface area contributed by atoms with Crippen LogP contribution in [0, 0.1) is 22.7 Å². The second kappa shape index (κ2) is 16.2. The van der Waals surface area contributed by atoms with Gasteiger partial charge in [0.15, 0.2) is 0 Å². The number of nitrogens with zero attached hydrogens (tertiary/aromatic N) is 4. The van der Waals surface area contributed by atoms with Gasteiger partial charge in [-0.2, -0.15) is 10.5 Å². The molecule has 2 heterocycles. The van der Waals surface area contributed by atoms with E-state index in [-0.39, 0.29) is 23.6 Å². The lowest BCUT2D eigenvalue weighted by molar-refractivity contribution is -0.139. The number of piperidine rings is 2. The Morgan fingerprint density at radius 1 is 0.659 bits per heavy atom. The lowest BCUT2D eigenvalue weighted by Crippen LogP contribution is -2.51. The molecule has 2 aromatic carbocycles. The van der Waals surface area contributed by atoms with Crippen molar-refractivity contribution in [3.63, 3.8) is 0 Å². The van der Waals surface area contributed by atoms with Crippen LogP contribution in [-0.2, 0) is 32.3 Å². The van der Waals surface area contributed by atoms with Crippen molar-refractivity contribution in [3.8, 4) is 12.1 Å². The molecule has 0 bridgehead atoms. The molecule has 2 N–H and O–H groups in total. The first kappa shape index (κ1) is 32.2. The number of unbranched alkanes of at least 4 members (excludes halogenated alkanes) is 3. The van der Waals surface area contributed by atoms with E-state index in [9.17, 15) is 19.2 Å². The summed E-state index contributed by atoms with van der Waals surface area (Å²) < 4.78 is 0. The zero-order valence-electron chi connectivity index (χ0n) is 25.1. The molecule has 44 heavy (non-hydrogen) atoms. The van der Waals surface area contributed by atoms with Crippen molar-refractivity contribution in [1.29, 1.82) is 10.5 Å². The number of carbonyl (C=O) groups excluding carboxylic acids is 4. The fourth-order valence-corrected chi connectivity index (χ4v) is 5.73. The van der Waals surface area contributed by atoms with Gasteiger partial charge >= 0.3 is 0 Å². The van der Waals surface area contributed by atoms with Crippen LogP contribution < -0.4 is 10.6 Å². The third kappa shape index (κ3) is 9.40. The van der Waals surface area contributed by atoms with Gasteiger partial charge in [-0.3, -0.25) is 19.2 Å². The number of nitriles is 2. The number of nitrogens with one attached hydrogen (secondary N) is 2. The first-order chi connectivity index (χ1) is 21.4. The van der Waals surface area contributed by atoms with Crippen molar-refractivity contribution >= 4 is 23.6 Å². The molecule has 230 valence electrons. The van der Waals surface area contributed by atoms with Gasteiger partial charge in [0.1, 0.15) is 12.1 Å². The third-order valence-corrected chi connectivity index (χ3v) is 8.20. The maximum absolute atomic E-state index is 12.9. The van der Waals surface area contributed by atoms with Crippen LogP contribution in [0.2, 0.25) is 0 Å². The summed E-state index contributed by atoms with van der Waals surface area (Å²) in [6, 6.07) is 17.5.